The molecule has 0 radical (unpaired) electrons. The molecule has 0 aliphatic rings. The van der Waals surface area contributed by atoms with Gasteiger partial charge in [0, 0.05) is 6.42 Å². The van der Waals surface area contributed by atoms with E-state index >= 15 is 0 Å². The second-order valence-electron chi connectivity index (χ2n) is 2.22. The minimum absolute atomic E-state index is 0.560. The first kappa shape index (κ1) is 8.41. The standard InChI is InChI=1S/C8H14O/c1-3-8(2)6-4-5-7-9/h4,6-8H,3,5H2,1-2H3/b6-4+. The van der Waals surface area contributed by atoms with E-state index in [1.807, 2.05) is 6.08 Å². The van der Waals surface area contributed by atoms with Crippen molar-refractivity contribution in [1.82, 2.24) is 0 Å². The molecule has 0 heterocycles. The molecular formula is C8H14O. The number of aldehydes is 1. The van der Waals surface area contributed by atoms with Crippen molar-refractivity contribution in [3.63, 3.8) is 0 Å². The van der Waals surface area contributed by atoms with Gasteiger partial charge in [-0.1, -0.05) is 32.4 Å². The van der Waals surface area contributed by atoms with Crippen LogP contribution in [0.4, 0.5) is 0 Å². The molecule has 0 aliphatic heterocycles. The summed E-state index contributed by atoms with van der Waals surface area (Å²) >= 11 is 0. The van der Waals surface area contributed by atoms with Gasteiger partial charge < -0.3 is 4.79 Å². The predicted octanol–water partition coefficient (Wildman–Crippen LogP) is 2.18. The molecule has 0 amide bonds. The van der Waals surface area contributed by atoms with Gasteiger partial charge in [0.1, 0.15) is 6.29 Å². The highest BCUT2D eigenvalue weighted by molar-refractivity contribution is 5.51. The van der Waals surface area contributed by atoms with E-state index in [1.165, 1.54) is 0 Å². The third-order valence-corrected chi connectivity index (χ3v) is 1.34. The monoisotopic (exact) mass is 126 g/mol. The lowest BCUT2D eigenvalue weighted by Gasteiger charge is -1.96. The third-order valence-electron chi connectivity index (χ3n) is 1.34. The van der Waals surface area contributed by atoms with Gasteiger partial charge in [0.2, 0.25) is 0 Å². The van der Waals surface area contributed by atoms with E-state index in [9.17, 15) is 4.79 Å². The molecule has 0 fully saturated rings. The average molecular weight is 126 g/mol. The van der Waals surface area contributed by atoms with E-state index in [-0.39, 0.29) is 0 Å². The number of allylic oxidation sites excluding steroid dienone is 2. The Kier molecular flexibility index (Phi) is 5.18. The molecule has 1 unspecified atom stereocenters. The Balaban J connectivity index is 3.31. The number of hydrogen-bond donors (Lipinski definition) is 0. The van der Waals surface area contributed by atoms with E-state index in [1.54, 1.807) is 0 Å². The fourth-order valence-electron chi connectivity index (χ4n) is 0.503. The van der Waals surface area contributed by atoms with E-state index in [4.69, 9.17) is 0 Å². The van der Waals surface area contributed by atoms with Crippen molar-refractivity contribution in [1.29, 1.82) is 0 Å². The number of hydrogen-bond acceptors (Lipinski definition) is 1. The molecule has 0 aromatic rings. The summed E-state index contributed by atoms with van der Waals surface area (Å²) in [7, 11) is 0. The molecular weight excluding hydrogens is 112 g/mol. The Morgan fingerprint density at radius 1 is 1.56 bits per heavy atom. The highest BCUT2D eigenvalue weighted by Gasteiger charge is 1.87. The first-order chi connectivity index (χ1) is 4.31. The van der Waals surface area contributed by atoms with Gasteiger partial charge in [-0.25, -0.2) is 0 Å². The van der Waals surface area contributed by atoms with Crippen LogP contribution >= 0.6 is 0 Å². The summed E-state index contributed by atoms with van der Waals surface area (Å²) in [4.78, 5) is 9.82. The van der Waals surface area contributed by atoms with Crippen molar-refractivity contribution in [2.45, 2.75) is 26.7 Å². The SMILES string of the molecule is CCC(C)/C=C/CC=O. The van der Waals surface area contributed by atoms with Crippen LogP contribution in [0.25, 0.3) is 0 Å². The zero-order valence-electron chi connectivity index (χ0n) is 6.13. The van der Waals surface area contributed by atoms with Gasteiger partial charge in [-0.2, -0.15) is 0 Å². The first-order valence-corrected chi connectivity index (χ1v) is 3.41. The summed E-state index contributed by atoms with van der Waals surface area (Å²) in [5.41, 5.74) is 0. The van der Waals surface area contributed by atoms with Crippen LogP contribution in [0.3, 0.4) is 0 Å². The van der Waals surface area contributed by atoms with Crippen LogP contribution in [0.1, 0.15) is 26.7 Å². The molecule has 0 spiro atoms. The molecule has 0 saturated heterocycles. The zero-order valence-corrected chi connectivity index (χ0v) is 6.13. The lowest BCUT2D eigenvalue weighted by Crippen LogP contribution is -1.83. The number of rotatable bonds is 4. The fourth-order valence-corrected chi connectivity index (χ4v) is 0.503. The summed E-state index contributed by atoms with van der Waals surface area (Å²) in [5, 5.41) is 0. The summed E-state index contributed by atoms with van der Waals surface area (Å²) in [6.45, 7) is 4.28. The van der Waals surface area contributed by atoms with Crippen molar-refractivity contribution in [3.05, 3.63) is 12.2 Å². The molecule has 0 aromatic heterocycles. The van der Waals surface area contributed by atoms with E-state index in [2.05, 4.69) is 19.9 Å². The van der Waals surface area contributed by atoms with E-state index < -0.39 is 0 Å². The normalized spacial score (nSPS) is 14.0. The number of carbonyl (C=O) groups excluding carboxylic acids is 1. The summed E-state index contributed by atoms with van der Waals surface area (Å²) in [5.74, 6) is 0.616. The van der Waals surface area contributed by atoms with Crippen LogP contribution in [0.5, 0.6) is 0 Å². The predicted molar refractivity (Wildman–Crippen MR) is 39.3 cm³/mol. The van der Waals surface area contributed by atoms with Crippen LogP contribution in [0, 0.1) is 5.92 Å². The topological polar surface area (TPSA) is 17.1 Å². The summed E-state index contributed by atoms with van der Waals surface area (Å²) in [6.07, 6.45) is 6.62. The maximum Gasteiger partial charge on any atom is 0.123 e. The van der Waals surface area contributed by atoms with Gasteiger partial charge in [0.05, 0.1) is 0 Å². The van der Waals surface area contributed by atoms with Crippen molar-refractivity contribution < 1.29 is 4.79 Å². The van der Waals surface area contributed by atoms with Gasteiger partial charge in [-0.15, -0.1) is 0 Å². The average Bonchev–Trinajstić information content (AvgIpc) is 1.89. The highest BCUT2D eigenvalue weighted by atomic mass is 16.1. The molecule has 0 N–H and O–H groups in total. The first-order valence-electron chi connectivity index (χ1n) is 3.41. The maximum atomic E-state index is 9.82. The smallest absolute Gasteiger partial charge is 0.123 e. The number of carbonyl (C=O) groups is 1. The zero-order chi connectivity index (χ0) is 7.11. The molecule has 0 rings (SSSR count). The molecule has 52 valence electrons. The van der Waals surface area contributed by atoms with Gasteiger partial charge in [-0.05, 0) is 5.92 Å². The third kappa shape index (κ3) is 5.28. The van der Waals surface area contributed by atoms with Crippen LogP contribution in [-0.2, 0) is 4.79 Å². The van der Waals surface area contributed by atoms with Crippen LogP contribution < -0.4 is 0 Å². The minimum Gasteiger partial charge on any atom is -0.303 e. The van der Waals surface area contributed by atoms with Crippen LogP contribution in [-0.4, -0.2) is 6.29 Å². The molecule has 0 saturated carbocycles. The lowest BCUT2D eigenvalue weighted by molar-refractivity contribution is -0.107. The van der Waals surface area contributed by atoms with Crippen molar-refractivity contribution in [2.24, 2.45) is 5.92 Å². The Morgan fingerprint density at radius 2 is 2.22 bits per heavy atom. The van der Waals surface area contributed by atoms with E-state index in [0.29, 0.717) is 12.3 Å². The van der Waals surface area contributed by atoms with Gasteiger partial charge in [0.15, 0.2) is 0 Å². The summed E-state index contributed by atoms with van der Waals surface area (Å²) in [6, 6.07) is 0. The Labute approximate surface area is 56.8 Å². The van der Waals surface area contributed by atoms with Crippen molar-refractivity contribution >= 4 is 6.29 Å². The Bertz CT molecular complexity index is 94.7. The van der Waals surface area contributed by atoms with E-state index in [0.717, 1.165) is 12.7 Å². The van der Waals surface area contributed by atoms with Gasteiger partial charge in [-0.3, -0.25) is 0 Å². The van der Waals surface area contributed by atoms with Crippen molar-refractivity contribution in [3.8, 4) is 0 Å². The summed E-state index contributed by atoms with van der Waals surface area (Å²) < 4.78 is 0. The van der Waals surface area contributed by atoms with Crippen molar-refractivity contribution in [2.75, 3.05) is 0 Å². The minimum atomic E-state index is 0.560. The largest absolute Gasteiger partial charge is 0.303 e. The fraction of sp³-hybridized carbons (Fsp3) is 0.625. The molecule has 1 nitrogen and oxygen atoms in total. The molecule has 1 atom stereocenters. The quantitative estimate of drug-likeness (QED) is 0.417. The van der Waals surface area contributed by atoms with Gasteiger partial charge in [0.25, 0.3) is 0 Å². The molecule has 9 heavy (non-hydrogen) atoms. The maximum absolute atomic E-state index is 9.82. The Hall–Kier alpha value is -0.590. The highest BCUT2D eigenvalue weighted by Crippen LogP contribution is 2.01. The molecule has 0 aliphatic carbocycles. The second kappa shape index (κ2) is 5.54. The Morgan fingerprint density at radius 3 is 2.67 bits per heavy atom. The molecule has 0 bridgehead atoms. The second-order valence-corrected chi connectivity index (χ2v) is 2.22. The van der Waals surface area contributed by atoms with Crippen LogP contribution in [0.2, 0.25) is 0 Å². The van der Waals surface area contributed by atoms with Crippen LogP contribution in [0.15, 0.2) is 12.2 Å². The molecule has 0 aromatic carbocycles. The molecule has 1 heteroatoms. The lowest BCUT2D eigenvalue weighted by atomic mass is 10.1. The van der Waals surface area contributed by atoms with Gasteiger partial charge >= 0.3 is 0 Å².